The van der Waals surface area contributed by atoms with Crippen LogP contribution < -0.4 is 0 Å². The van der Waals surface area contributed by atoms with Gasteiger partial charge in [-0.05, 0) is 12.3 Å². The van der Waals surface area contributed by atoms with Crippen molar-refractivity contribution in [1.82, 2.24) is 14.7 Å². The molecule has 3 amide bonds. The van der Waals surface area contributed by atoms with Crippen molar-refractivity contribution in [1.29, 1.82) is 0 Å². The fourth-order valence-corrected chi connectivity index (χ4v) is 3.48. The highest BCUT2D eigenvalue weighted by atomic mass is 32.2. The van der Waals surface area contributed by atoms with E-state index in [9.17, 15) is 14.4 Å². The van der Waals surface area contributed by atoms with Crippen LogP contribution in [0.2, 0.25) is 0 Å². The van der Waals surface area contributed by atoms with Gasteiger partial charge in [-0.2, -0.15) is 0 Å². The summed E-state index contributed by atoms with van der Waals surface area (Å²) in [5.41, 5.74) is -0.108. The summed E-state index contributed by atoms with van der Waals surface area (Å²) in [6, 6.07) is -0.454. The largest absolute Gasteiger partial charge is 0.347 e. The van der Waals surface area contributed by atoms with Crippen LogP contribution >= 0.6 is 11.8 Å². The van der Waals surface area contributed by atoms with Gasteiger partial charge in [-0.25, -0.2) is 0 Å². The lowest BCUT2D eigenvalue weighted by molar-refractivity contribution is -0.146. The molecule has 0 saturated carbocycles. The third-order valence-electron chi connectivity index (χ3n) is 3.69. The number of hydrogen-bond donors (Lipinski definition) is 0. The van der Waals surface area contributed by atoms with Crippen LogP contribution in [-0.2, 0) is 14.4 Å². The molecule has 0 unspecified atom stereocenters. The van der Waals surface area contributed by atoms with Crippen LogP contribution in [0.15, 0.2) is 0 Å². The Morgan fingerprint density at radius 3 is 2.30 bits per heavy atom. The first-order valence-electron chi connectivity index (χ1n) is 7.93. The average molecular weight is 343 g/mol. The standard InChI is InChI=1S/C16H29N3O3S/c1-7-18(9-14(21)17(5)6)15(22)12-10-23-11-19(12)13(20)8-16(2,3)4/h12H,7-11H2,1-6H3/t12-/m0/s1. The summed E-state index contributed by atoms with van der Waals surface area (Å²) >= 11 is 1.59. The van der Waals surface area contributed by atoms with E-state index in [1.165, 1.54) is 9.80 Å². The molecule has 1 heterocycles. The summed E-state index contributed by atoms with van der Waals surface area (Å²) in [7, 11) is 3.34. The molecule has 7 heteroatoms. The molecular weight excluding hydrogens is 314 g/mol. The van der Waals surface area contributed by atoms with Crippen LogP contribution in [-0.4, -0.2) is 77.3 Å². The summed E-state index contributed by atoms with van der Waals surface area (Å²) in [4.78, 5) is 41.8. The van der Waals surface area contributed by atoms with Gasteiger partial charge in [-0.15, -0.1) is 11.8 Å². The number of carbonyl (C=O) groups excluding carboxylic acids is 3. The predicted octanol–water partition coefficient (Wildman–Crippen LogP) is 1.26. The molecule has 0 N–H and O–H groups in total. The zero-order valence-electron chi connectivity index (χ0n) is 15.1. The fourth-order valence-electron chi connectivity index (χ4n) is 2.31. The molecule has 6 nitrogen and oxygen atoms in total. The van der Waals surface area contributed by atoms with Gasteiger partial charge in [0.05, 0.1) is 12.4 Å². The maximum Gasteiger partial charge on any atom is 0.246 e. The van der Waals surface area contributed by atoms with Gasteiger partial charge in [-0.1, -0.05) is 20.8 Å². The molecule has 1 atom stereocenters. The zero-order valence-corrected chi connectivity index (χ0v) is 15.9. The quantitative estimate of drug-likeness (QED) is 0.754. The first-order chi connectivity index (χ1) is 10.6. The Kier molecular flexibility index (Phi) is 6.92. The van der Waals surface area contributed by atoms with Crippen LogP contribution in [0.1, 0.15) is 34.1 Å². The van der Waals surface area contributed by atoms with Gasteiger partial charge in [0.25, 0.3) is 0 Å². The van der Waals surface area contributed by atoms with Gasteiger partial charge in [0.2, 0.25) is 17.7 Å². The number of amides is 3. The van der Waals surface area contributed by atoms with Crippen molar-refractivity contribution in [3.05, 3.63) is 0 Å². The summed E-state index contributed by atoms with van der Waals surface area (Å²) in [5, 5.41) is 0. The molecule has 0 radical (unpaired) electrons. The maximum atomic E-state index is 12.8. The van der Waals surface area contributed by atoms with E-state index in [4.69, 9.17) is 0 Å². The molecule has 0 aromatic carbocycles. The topological polar surface area (TPSA) is 60.9 Å². The third kappa shape index (κ3) is 5.71. The van der Waals surface area contributed by atoms with E-state index in [0.29, 0.717) is 24.6 Å². The van der Waals surface area contributed by atoms with E-state index >= 15 is 0 Å². The third-order valence-corrected chi connectivity index (χ3v) is 4.70. The maximum absolute atomic E-state index is 12.8. The summed E-state index contributed by atoms with van der Waals surface area (Å²) in [6.07, 6.45) is 0.417. The van der Waals surface area contributed by atoms with Crippen LogP contribution in [0.25, 0.3) is 0 Å². The van der Waals surface area contributed by atoms with Crippen molar-refractivity contribution >= 4 is 29.5 Å². The zero-order chi connectivity index (χ0) is 17.8. The first kappa shape index (κ1) is 19.8. The SMILES string of the molecule is CCN(CC(=O)N(C)C)C(=O)[C@@H]1CSCN1C(=O)CC(C)(C)C. The van der Waals surface area contributed by atoms with Gasteiger partial charge < -0.3 is 14.7 Å². The highest BCUT2D eigenvalue weighted by Gasteiger charge is 2.38. The van der Waals surface area contributed by atoms with Crippen molar-refractivity contribution in [3.8, 4) is 0 Å². The van der Waals surface area contributed by atoms with E-state index in [2.05, 4.69) is 0 Å². The Bertz CT molecular complexity index is 460. The van der Waals surface area contributed by atoms with Gasteiger partial charge in [-0.3, -0.25) is 14.4 Å². The van der Waals surface area contributed by atoms with Crippen molar-refractivity contribution in [2.24, 2.45) is 5.41 Å². The second-order valence-corrected chi connectivity index (χ2v) is 8.26. The Morgan fingerprint density at radius 1 is 1.22 bits per heavy atom. The van der Waals surface area contributed by atoms with Crippen LogP contribution in [0.3, 0.4) is 0 Å². The smallest absolute Gasteiger partial charge is 0.246 e. The molecule has 1 rings (SSSR count). The van der Waals surface area contributed by atoms with E-state index < -0.39 is 6.04 Å². The Hall–Kier alpha value is -1.24. The Labute approximate surface area is 143 Å². The number of nitrogens with zero attached hydrogens (tertiary/aromatic N) is 3. The molecule has 0 aromatic heterocycles. The number of hydrogen-bond acceptors (Lipinski definition) is 4. The van der Waals surface area contributed by atoms with Crippen LogP contribution in [0.4, 0.5) is 0 Å². The highest BCUT2D eigenvalue weighted by Crippen LogP contribution is 2.27. The number of carbonyl (C=O) groups is 3. The second-order valence-electron chi connectivity index (χ2n) is 7.26. The lowest BCUT2D eigenvalue weighted by Crippen LogP contribution is -2.51. The number of rotatable bonds is 5. The van der Waals surface area contributed by atoms with Crippen LogP contribution in [0, 0.1) is 5.41 Å². The van der Waals surface area contributed by atoms with Crippen LogP contribution in [0.5, 0.6) is 0 Å². The summed E-state index contributed by atoms with van der Waals surface area (Å²) in [6.45, 7) is 8.41. The van der Waals surface area contributed by atoms with E-state index in [1.807, 2.05) is 27.7 Å². The van der Waals surface area contributed by atoms with E-state index in [0.717, 1.165) is 0 Å². The summed E-state index contributed by atoms with van der Waals surface area (Å²) < 4.78 is 0. The van der Waals surface area contributed by atoms with E-state index in [-0.39, 0.29) is 29.7 Å². The van der Waals surface area contributed by atoms with E-state index in [1.54, 1.807) is 30.8 Å². The molecule has 0 aliphatic carbocycles. The van der Waals surface area contributed by atoms with Gasteiger partial charge >= 0.3 is 0 Å². The minimum absolute atomic E-state index is 0.0100. The molecule has 1 saturated heterocycles. The fraction of sp³-hybridized carbons (Fsp3) is 0.812. The summed E-state index contributed by atoms with van der Waals surface area (Å²) in [5.74, 6) is 0.913. The van der Waals surface area contributed by atoms with Crippen molar-refractivity contribution in [3.63, 3.8) is 0 Å². The normalized spacial score (nSPS) is 18.0. The highest BCUT2D eigenvalue weighted by molar-refractivity contribution is 7.99. The molecule has 0 aromatic rings. The first-order valence-corrected chi connectivity index (χ1v) is 9.08. The monoisotopic (exact) mass is 343 g/mol. The molecule has 1 aliphatic rings. The molecule has 1 fully saturated rings. The minimum Gasteiger partial charge on any atom is -0.347 e. The van der Waals surface area contributed by atoms with Gasteiger partial charge in [0, 0.05) is 32.8 Å². The lowest BCUT2D eigenvalue weighted by atomic mass is 9.91. The van der Waals surface area contributed by atoms with Gasteiger partial charge in [0.15, 0.2) is 0 Å². The molecule has 132 valence electrons. The lowest BCUT2D eigenvalue weighted by Gasteiger charge is -2.31. The Morgan fingerprint density at radius 2 is 1.83 bits per heavy atom. The minimum atomic E-state index is -0.454. The van der Waals surface area contributed by atoms with Crippen molar-refractivity contribution < 1.29 is 14.4 Å². The Balaban J connectivity index is 2.79. The number of thioether (sulfide) groups is 1. The molecule has 1 aliphatic heterocycles. The molecule has 0 bridgehead atoms. The molecule has 23 heavy (non-hydrogen) atoms. The molecular formula is C16H29N3O3S. The second kappa shape index (κ2) is 8.04. The van der Waals surface area contributed by atoms with Crippen molar-refractivity contribution in [2.75, 3.05) is 38.8 Å². The molecule has 0 spiro atoms. The van der Waals surface area contributed by atoms with Crippen molar-refractivity contribution in [2.45, 2.75) is 40.2 Å². The average Bonchev–Trinajstić information content (AvgIpc) is 2.91. The number of likely N-dealkylation sites (N-methyl/N-ethyl adjacent to an activating group) is 2. The van der Waals surface area contributed by atoms with Gasteiger partial charge in [0.1, 0.15) is 6.04 Å². The predicted molar refractivity (Wildman–Crippen MR) is 93.0 cm³/mol.